The molecule has 0 saturated carbocycles. The molecule has 0 spiro atoms. The first-order chi connectivity index (χ1) is 13.8. The van der Waals surface area contributed by atoms with Crippen LogP contribution in [0.1, 0.15) is 12.5 Å². The summed E-state index contributed by atoms with van der Waals surface area (Å²) in [6, 6.07) is 9.84. The van der Waals surface area contributed by atoms with Gasteiger partial charge in [0.15, 0.2) is 11.5 Å². The fourth-order valence-corrected chi connectivity index (χ4v) is 3.35. The maximum absolute atomic E-state index is 13.0. The predicted octanol–water partition coefficient (Wildman–Crippen LogP) is 2.05. The molecule has 0 unspecified atom stereocenters. The van der Waals surface area contributed by atoms with E-state index >= 15 is 0 Å². The van der Waals surface area contributed by atoms with Crippen LogP contribution in [0.4, 0.5) is 14.9 Å². The van der Waals surface area contributed by atoms with Crippen LogP contribution in [-0.2, 0) is 16.0 Å². The fourth-order valence-electron chi connectivity index (χ4n) is 3.35. The van der Waals surface area contributed by atoms with E-state index in [9.17, 15) is 18.8 Å². The van der Waals surface area contributed by atoms with Crippen LogP contribution in [0.2, 0.25) is 0 Å². The average molecular weight is 399 g/mol. The Balaban J connectivity index is 1.43. The van der Waals surface area contributed by atoms with Crippen LogP contribution in [0.3, 0.4) is 0 Å². The number of fused-ring (bicyclic) bond motifs is 1. The smallest absolute Gasteiger partial charge is 0.325 e. The number of carbonyl (C=O) groups is 3. The SMILES string of the molecule is C[C@@]1(Cc2ccc3c(c2)OCO3)NC(=O)N(CC(=O)Nc2ccc(F)cc2)C1=O. The highest BCUT2D eigenvalue weighted by molar-refractivity contribution is 6.10. The topological polar surface area (TPSA) is 97.0 Å². The van der Waals surface area contributed by atoms with Gasteiger partial charge in [-0.3, -0.25) is 14.5 Å². The number of amides is 4. The number of benzene rings is 2. The Morgan fingerprint density at radius 3 is 2.66 bits per heavy atom. The lowest BCUT2D eigenvalue weighted by Crippen LogP contribution is -2.46. The molecule has 2 aromatic rings. The van der Waals surface area contributed by atoms with Crippen molar-refractivity contribution in [1.29, 1.82) is 0 Å². The average Bonchev–Trinajstić information content (AvgIpc) is 3.22. The first kappa shape index (κ1) is 18.7. The number of imide groups is 1. The van der Waals surface area contributed by atoms with Gasteiger partial charge < -0.3 is 20.1 Å². The number of nitrogens with one attached hydrogen (secondary N) is 2. The third-order valence-electron chi connectivity index (χ3n) is 4.77. The normalized spacial score (nSPS) is 20.0. The summed E-state index contributed by atoms with van der Waals surface area (Å²) in [6.07, 6.45) is 0.226. The minimum Gasteiger partial charge on any atom is -0.454 e. The van der Waals surface area contributed by atoms with E-state index < -0.39 is 35.7 Å². The van der Waals surface area contributed by atoms with Crippen molar-refractivity contribution in [1.82, 2.24) is 10.2 Å². The second-order valence-corrected chi connectivity index (χ2v) is 7.07. The quantitative estimate of drug-likeness (QED) is 0.750. The number of carbonyl (C=O) groups excluding carboxylic acids is 3. The lowest BCUT2D eigenvalue weighted by molar-refractivity contribution is -0.133. The van der Waals surface area contributed by atoms with Crippen LogP contribution in [0, 0.1) is 5.82 Å². The zero-order chi connectivity index (χ0) is 20.6. The number of anilines is 1. The molecule has 1 atom stereocenters. The highest BCUT2D eigenvalue weighted by Gasteiger charge is 2.48. The van der Waals surface area contributed by atoms with Crippen LogP contribution in [0.15, 0.2) is 42.5 Å². The van der Waals surface area contributed by atoms with Gasteiger partial charge in [0.05, 0.1) is 0 Å². The van der Waals surface area contributed by atoms with Crippen molar-refractivity contribution in [3.05, 3.63) is 53.8 Å². The van der Waals surface area contributed by atoms with Gasteiger partial charge in [0.1, 0.15) is 17.9 Å². The Bertz CT molecular complexity index is 994. The van der Waals surface area contributed by atoms with Crippen molar-refractivity contribution in [3.8, 4) is 11.5 Å². The molecule has 2 aromatic carbocycles. The Labute approximate surface area is 165 Å². The third-order valence-corrected chi connectivity index (χ3v) is 4.77. The number of rotatable bonds is 5. The highest BCUT2D eigenvalue weighted by atomic mass is 19.1. The van der Waals surface area contributed by atoms with Crippen molar-refractivity contribution in [2.45, 2.75) is 18.9 Å². The Morgan fingerprint density at radius 2 is 1.90 bits per heavy atom. The van der Waals surface area contributed by atoms with Gasteiger partial charge in [-0.15, -0.1) is 0 Å². The maximum atomic E-state index is 13.0. The molecule has 2 N–H and O–H groups in total. The molecule has 2 heterocycles. The van der Waals surface area contributed by atoms with Crippen molar-refractivity contribution in [2.24, 2.45) is 0 Å². The van der Waals surface area contributed by atoms with E-state index in [-0.39, 0.29) is 13.2 Å². The Morgan fingerprint density at radius 1 is 1.17 bits per heavy atom. The predicted molar refractivity (Wildman–Crippen MR) is 99.9 cm³/mol. The summed E-state index contributed by atoms with van der Waals surface area (Å²) in [5, 5.41) is 5.19. The van der Waals surface area contributed by atoms with Gasteiger partial charge in [0.25, 0.3) is 5.91 Å². The van der Waals surface area contributed by atoms with Crippen molar-refractivity contribution in [2.75, 3.05) is 18.7 Å². The van der Waals surface area contributed by atoms with Crippen LogP contribution in [0.25, 0.3) is 0 Å². The monoisotopic (exact) mass is 399 g/mol. The Hall–Kier alpha value is -3.62. The molecule has 4 rings (SSSR count). The van der Waals surface area contributed by atoms with Crippen molar-refractivity contribution in [3.63, 3.8) is 0 Å². The highest BCUT2D eigenvalue weighted by Crippen LogP contribution is 2.34. The molecule has 150 valence electrons. The van der Waals surface area contributed by atoms with Gasteiger partial charge >= 0.3 is 6.03 Å². The number of nitrogens with zero attached hydrogens (tertiary/aromatic N) is 1. The van der Waals surface area contributed by atoms with E-state index in [2.05, 4.69) is 10.6 Å². The molecule has 29 heavy (non-hydrogen) atoms. The number of ether oxygens (including phenoxy) is 2. The van der Waals surface area contributed by atoms with E-state index in [1.807, 2.05) is 0 Å². The molecule has 0 aliphatic carbocycles. The van der Waals surface area contributed by atoms with Crippen LogP contribution in [0.5, 0.6) is 11.5 Å². The van der Waals surface area contributed by atoms with Gasteiger partial charge in [-0.25, -0.2) is 9.18 Å². The Kier molecular flexibility index (Phi) is 4.57. The summed E-state index contributed by atoms with van der Waals surface area (Å²) >= 11 is 0. The van der Waals surface area contributed by atoms with E-state index in [0.717, 1.165) is 10.5 Å². The van der Waals surface area contributed by atoms with E-state index in [1.54, 1.807) is 25.1 Å². The molecule has 2 aliphatic heterocycles. The first-order valence-electron chi connectivity index (χ1n) is 8.92. The van der Waals surface area contributed by atoms with Gasteiger partial charge in [0.2, 0.25) is 12.7 Å². The summed E-state index contributed by atoms with van der Waals surface area (Å²) in [5.41, 5.74) is -0.0457. The molecule has 0 radical (unpaired) electrons. The molecule has 4 amide bonds. The maximum Gasteiger partial charge on any atom is 0.325 e. The van der Waals surface area contributed by atoms with Crippen molar-refractivity contribution >= 4 is 23.5 Å². The van der Waals surface area contributed by atoms with Gasteiger partial charge in [-0.1, -0.05) is 6.07 Å². The van der Waals surface area contributed by atoms with E-state index in [4.69, 9.17) is 9.47 Å². The zero-order valence-electron chi connectivity index (χ0n) is 15.5. The van der Waals surface area contributed by atoms with Gasteiger partial charge in [-0.05, 0) is 48.9 Å². The standard InChI is InChI=1S/C20H18FN3O5/c1-20(9-12-2-7-15-16(8-12)29-11-28-15)18(26)24(19(27)23-20)10-17(25)22-14-5-3-13(21)4-6-14/h2-8H,9-11H2,1H3,(H,22,25)(H,23,27)/t20-/m0/s1. The minimum absolute atomic E-state index is 0.142. The van der Waals surface area contributed by atoms with Crippen LogP contribution < -0.4 is 20.1 Å². The summed E-state index contributed by atoms with van der Waals surface area (Å²) in [6.45, 7) is 1.30. The number of halogens is 1. The van der Waals surface area contributed by atoms with Crippen LogP contribution in [-0.4, -0.2) is 41.6 Å². The fraction of sp³-hybridized carbons (Fsp3) is 0.250. The molecule has 1 fully saturated rings. The molecular weight excluding hydrogens is 381 g/mol. The van der Waals surface area contributed by atoms with Crippen LogP contribution >= 0.6 is 0 Å². The second-order valence-electron chi connectivity index (χ2n) is 7.07. The summed E-state index contributed by atoms with van der Waals surface area (Å²) < 4.78 is 23.6. The summed E-state index contributed by atoms with van der Waals surface area (Å²) in [4.78, 5) is 38.3. The second kappa shape index (κ2) is 7.08. The summed E-state index contributed by atoms with van der Waals surface area (Å²) in [5.74, 6) is -0.295. The zero-order valence-corrected chi connectivity index (χ0v) is 15.5. The summed E-state index contributed by atoms with van der Waals surface area (Å²) in [7, 11) is 0. The third kappa shape index (κ3) is 3.71. The largest absolute Gasteiger partial charge is 0.454 e. The number of hydrogen-bond donors (Lipinski definition) is 2. The number of hydrogen-bond acceptors (Lipinski definition) is 5. The lowest BCUT2D eigenvalue weighted by Gasteiger charge is -2.22. The van der Waals surface area contributed by atoms with E-state index in [1.165, 1.54) is 24.3 Å². The van der Waals surface area contributed by atoms with Gasteiger partial charge in [-0.2, -0.15) is 0 Å². The first-order valence-corrected chi connectivity index (χ1v) is 8.92. The molecule has 0 aromatic heterocycles. The van der Waals surface area contributed by atoms with E-state index in [0.29, 0.717) is 17.2 Å². The van der Waals surface area contributed by atoms with Gasteiger partial charge in [0, 0.05) is 12.1 Å². The lowest BCUT2D eigenvalue weighted by atomic mass is 9.92. The molecule has 2 aliphatic rings. The van der Waals surface area contributed by atoms with Crippen molar-refractivity contribution < 1.29 is 28.2 Å². The molecule has 8 nitrogen and oxygen atoms in total. The molecular formula is C20H18FN3O5. The minimum atomic E-state index is -1.19. The molecule has 1 saturated heterocycles. The molecule has 0 bridgehead atoms. The molecule has 9 heteroatoms. The number of urea groups is 1.